The summed E-state index contributed by atoms with van der Waals surface area (Å²) in [5.41, 5.74) is 0.989. The first kappa shape index (κ1) is 13.0. The van der Waals surface area contributed by atoms with Crippen LogP contribution in [-0.4, -0.2) is 21.9 Å². The molecule has 4 nitrogen and oxygen atoms in total. The number of nitrogens with one attached hydrogen (secondary N) is 1. The van der Waals surface area contributed by atoms with Crippen LogP contribution in [0.15, 0.2) is 34.7 Å². The summed E-state index contributed by atoms with van der Waals surface area (Å²) in [4.78, 5) is 11.8. The van der Waals surface area contributed by atoms with Gasteiger partial charge < -0.3 is 5.32 Å². The van der Waals surface area contributed by atoms with Gasteiger partial charge in [0.2, 0.25) is 11.0 Å². The molecule has 0 unspecified atom stereocenters. The number of carbonyl (C=O) groups is 1. The molecule has 0 saturated carbocycles. The molecule has 0 spiro atoms. The van der Waals surface area contributed by atoms with E-state index in [1.54, 1.807) is 11.8 Å². The maximum atomic E-state index is 11.8. The second-order valence-electron chi connectivity index (χ2n) is 3.52. The highest BCUT2D eigenvalue weighted by atomic mass is 32.2. The van der Waals surface area contributed by atoms with Crippen molar-refractivity contribution in [3.05, 3.63) is 35.9 Å². The van der Waals surface area contributed by atoms with Crippen LogP contribution in [0.1, 0.15) is 12.5 Å². The van der Waals surface area contributed by atoms with Gasteiger partial charge in [0, 0.05) is 0 Å². The summed E-state index contributed by atoms with van der Waals surface area (Å²) in [6.07, 6.45) is 0.358. The normalized spacial score (nSPS) is 10.3. The minimum atomic E-state index is -0.0644. The Morgan fingerprint density at radius 2 is 2.11 bits per heavy atom. The highest BCUT2D eigenvalue weighted by Crippen LogP contribution is 2.24. The van der Waals surface area contributed by atoms with Gasteiger partial charge in [-0.3, -0.25) is 4.79 Å². The van der Waals surface area contributed by atoms with E-state index in [-0.39, 0.29) is 5.91 Å². The number of thioether (sulfide) groups is 1. The molecule has 18 heavy (non-hydrogen) atoms. The fourth-order valence-electron chi connectivity index (χ4n) is 1.39. The molecule has 1 aromatic heterocycles. The number of hydrogen-bond donors (Lipinski definition) is 1. The third-order valence-electron chi connectivity index (χ3n) is 2.13. The van der Waals surface area contributed by atoms with E-state index in [1.165, 1.54) is 11.3 Å². The van der Waals surface area contributed by atoms with Gasteiger partial charge in [-0.1, -0.05) is 60.4 Å². The second kappa shape index (κ2) is 6.51. The molecule has 0 bridgehead atoms. The molecule has 0 aliphatic rings. The molecule has 1 heterocycles. The molecule has 0 atom stereocenters. The Morgan fingerprint density at radius 3 is 2.83 bits per heavy atom. The van der Waals surface area contributed by atoms with Crippen molar-refractivity contribution >= 4 is 34.1 Å². The first-order valence-corrected chi connectivity index (χ1v) is 7.38. The van der Waals surface area contributed by atoms with Gasteiger partial charge >= 0.3 is 0 Å². The summed E-state index contributed by atoms with van der Waals surface area (Å²) in [6.45, 7) is 2.06. The van der Waals surface area contributed by atoms with Gasteiger partial charge in [-0.25, -0.2) is 0 Å². The first-order chi connectivity index (χ1) is 8.78. The Bertz CT molecular complexity index is 513. The lowest BCUT2D eigenvalue weighted by molar-refractivity contribution is -0.115. The SMILES string of the molecule is CCSc1nnc(NC(=O)Cc2ccccc2)s1. The van der Waals surface area contributed by atoms with Gasteiger partial charge in [0.05, 0.1) is 6.42 Å². The Kier molecular flexibility index (Phi) is 4.72. The number of hydrogen-bond acceptors (Lipinski definition) is 5. The van der Waals surface area contributed by atoms with Crippen LogP contribution in [0.2, 0.25) is 0 Å². The van der Waals surface area contributed by atoms with Gasteiger partial charge in [-0.15, -0.1) is 10.2 Å². The molecule has 0 fully saturated rings. The van der Waals surface area contributed by atoms with Crippen molar-refractivity contribution in [1.82, 2.24) is 10.2 Å². The predicted molar refractivity (Wildman–Crippen MR) is 75.1 cm³/mol. The van der Waals surface area contributed by atoms with E-state index in [1.807, 2.05) is 30.3 Å². The quantitative estimate of drug-likeness (QED) is 0.675. The van der Waals surface area contributed by atoms with Crippen molar-refractivity contribution in [3.63, 3.8) is 0 Å². The Morgan fingerprint density at radius 1 is 1.33 bits per heavy atom. The lowest BCUT2D eigenvalue weighted by atomic mass is 10.1. The number of rotatable bonds is 5. The topological polar surface area (TPSA) is 54.9 Å². The van der Waals surface area contributed by atoms with Crippen molar-refractivity contribution < 1.29 is 4.79 Å². The zero-order valence-corrected chi connectivity index (χ0v) is 11.6. The van der Waals surface area contributed by atoms with Crippen molar-refractivity contribution in [1.29, 1.82) is 0 Å². The number of aromatic nitrogens is 2. The Balaban J connectivity index is 1.90. The summed E-state index contributed by atoms with van der Waals surface area (Å²) in [5, 5.41) is 11.2. The Labute approximate surface area is 114 Å². The minimum absolute atomic E-state index is 0.0644. The van der Waals surface area contributed by atoms with Crippen molar-refractivity contribution in [2.75, 3.05) is 11.1 Å². The molecule has 0 aliphatic heterocycles. The molecule has 1 aromatic carbocycles. The van der Waals surface area contributed by atoms with Crippen LogP contribution < -0.4 is 5.32 Å². The lowest BCUT2D eigenvalue weighted by Crippen LogP contribution is -2.14. The molecule has 1 amide bonds. The van der Waals surface area contributed by atoms with Gasteiger partial charge in [-0.05, 0) is 11.3 Å². The highest BCUT2D eigenvalue weighted by molar-refractivity contribution is 8.01. The fourth-order valence-corrected chi connectivity index (χ4v) is 3.05. The molecular weight excluding hydrogens is 266 g/mol. The van der Waals surface area contributed by atoms with Gasteiger partial charge in [0.25, 0.3) is 0 Å². The number of carbonyl (C=O) groups excluding carboxylic acids is 1. The van der Waals surface area contributed by atoms with Gasteiger partial charge in [0.1, 0.15) is 0 Å². The minimum Gasteiger partial charge on any atom is -0.300 e. The van der Waals surface area contributed by atoms with Crippen molar-refractivity contribution in [3.8, 4) is 0 Å². The van der Waals surface area contributed by atoms with Crippen LogP contribution >= 0.6 is 23.1 Å². The van der Waals surface area contributed by atoms with Gasteiger partial charge in [0.15, 0.2) is 4.34 Å². The van der Waals surface area contributed by atoms with E-state index in [2.05, 4.69) is 22.4 Å². The summed E-state index contributed by atoms with van der Waals surface area (Å²) in [6, 6.07) is 9.63. The zero-order chi connectivity index (χ0) is 12.8. The highest BCUT2D eigenvalue weighted by Gasteiger charge is 2.08. The first-order valence-electron chi connectivity index (χ1n) is 5.58. The number of benzene rings is 1. The van der Waals surface area contributed by atoms with Gasteiger partial charge in [-0.2, -0.15) is 0 Å². The smallest absolute Gasteiger partial charge is 0.230 e. The largest absolute Gasteiger partial charge is 0.300 e. The second-order valence-corrected chi connectivity index (χ2v) is 6.01. The number of nitrogens with zero attached hydrogens (tertiary/aromatic N) is 2. The van der Waals surface area contributed by atoms with Crippen LogP contribution in [0.25, 0.3) is 0 Å². The van der Waals surface area contributed by atoms with Crippen molar-refractivity contribution in [2.24, 2.45) is 0 Å². The van der Waals surface area contributed by atoms with E-state index in [0.29, 0.717) is 11.6 Å². The van der Waals surface area contributed by atoms with Crippen molar-refractivity contribution in [2.45, 2.75) is 17.7 Å². The molecule has 1 N–H and O–H groups in total. The molecule has 0 saturated heterocycles. The van der Waals surface area contributed by atoms with E-state index >= 15 is 0 Å². The van der Waals surface area contributed by atoms with Crippen LogP contribution in [0.3, 0.4) is 0 Å². The monoisotopic (exact) mass is 279 g/mol. The Hall–Kier alpha value is -1.40. The van der Waals surface area contributed by atoms with E-state index in [9.17, 15) is 4.79 Å². The average molecular weight is 279 g/mol. The number of amides is 1. The number of anilines is 1. The third-order valence-corrected chi connectivity index (χ3v) is 3.98. The maximum absolute atomic E-state index is 11.8. The maximum Gasteiger partial charge on any atom is 0.230 e. The zero-order valence-electron chi connectivity index (χ0n) is 9.92. The molecular formula is C12H13N3OS2. The van der Waals surface area contributed by atoms with Crippen LogP contribution in [0.4, 0.5) is 5.13 Å². The van der Waals surface area contributed by atoms with Crippen LogP contribution in [0, 0.1) is 0 Å². The molecule has 2 aromatic rings. The third kappa shape index (κ3) is 3.82. The summed E-state index contributed by atoms with van der Waals surface area (Å²) in [7, 11) is 0. The fraction of sp³-hybridized carbons (Fsp3) is 0.250. The van der Waals surface area contributed by atoms with E-state index < -0.39 is 0 Å². The summed E-state index contributed by atoms with van der Waals surface area (Å²) in [5.74, 6) is 0.887. The average Bonchev–Trinajstić information content (AvgIpc) is 2.78. The standard InChI is InChI=1S/C12H13N3OS2/c1-2-17-12-15-14-11(18-12)13-10(16)8-9-6-4-3-5-7-9/h3-7H,2,8H2,1H3,(H,13,14,16). The predicted octanol–water partition coefficient (Wildman–Crippen LogP) is 2.83. The van der Waals surface area contributed by atoms with Crippen LogP contribution in [-0.2, 0) is 11.2 Å². The lowest BCUT2D eigenvalue weighted by Gasteiger charge is -2.00. The summed E-state index contributed by atoms with van der Waals surface area (Å²) >= 11 is 3.03. The van der Waals surface area contributed by atoms with E-state index in [0.717, 1.165) is 15.7 Å². The molecule has 94 valence electrons. The molecule has 0 radical (unpaired) electrons. The molecule has 2 rings (SSSR count). The molecule has 6 heteroatoms. The van der Waals surface area contributed by atoms with E-state index in [4.69, 9.17) is 0 Å². The summed E-state index contributed by atoms with van der Waals surface area (Å²) < 4.78 is 0.882. The van der Waals surface area contributed by atoms with Crippen LogP contribution in [0.5, 0.6) is 0 Å². The molecule has 0 aliphatic carbocycles.